The van der Waals surface area contributed by atoms with Gasteiger partial charge in [0.25, 0.3) is 0 Å². The molecule has 2 aromatic carbocycles. The minimum Gasteiger partial charge on any atom is -1.00 e. The van der Waals surface area contributed by atoms with Gasteiger partial charge < -0.3 is 7.96 Å². The molecule has 0 aliphatic carbocycles. The third-order valence-corrected chi connectivity index (χ3v) is 6.54. The number of rotatable bonds is 17. The van der Waals surface area contributed by atoms with Crippen molar-refractivity contribution < 1.29 is 12.8 Å². The first kappa shape index (κ1) is 29.8. The molecule has 0 radical (unpaired) electrons. The number of carbonyl (C=O) groups is 1. The van der Waals surface area contributed by atoms with Gasteiger partial charge in [0.05, 0.1) is 5.56 Å². The normalized spacial score (nSPS) is 10.9. The van der Waals surface area contributed by atoms with Crippen molar-refractivity contribution in [3.05, 3.63) is 47.0 Å². The molecule has 0 aliphatic rings. The van der Waals surface area contributed by atoms with Gasteiger partial charge in [0.2, 0.25) is 0 Å². The largest absolute Gasteiger partial charge is 2.00 e. The summed E-state index contributed by atoms with van der Waals surface area (Å²) in [5.74, 6) is -0.768. The Hall–Kier alpha value is -0.259. The van der Waals surface area contributed by atoms with Crippen LogP contribution in [0.3, 0.4) is 0 Å². The van der Waals surface area contributed by atoms with Gasteiger partial charge in [0, 0.05) is 0 Å². The van der Waals surface area contributed by atoms with Crippen LogP contribution < -0.4 is 0 Å². The summed E-state index contributed by atoms with van der Waals surface area (Å²) < 4.78 is 0. The molecule has 0 unspecified atom stereocenters. The molecule has 0 aliphatic heterocycles. The maximum Gasteiger partial charge on any atom is 2.00 e. The van der Waals surface area contributed by atoms with E-state index in [-0.39, 0.29) is 51.7 Å². The topological polar surface area (TPSA) is 37.3 Å². The van der Waals surface area contributed by atoms with Gasteiger partial charge in [-0.05, 0) is 47.6 Å². The number of unbranched alkanes of at least 4 members (excludes halogenated alkanes) is 12. The summed E-state index contributed by atoms with van der Waals surface area (Å²) in [5.41, 5.74) is 2.93. The third-order valence-electron chi connectivity index (χ3n) is 6.54. The zero-order valence-electron chi connectivity index (χ0n) is 22.8. The van der Waals surface area contributed by atoms with E-state index >= 15 is 0 Å². The number of aryl methyl sites for hydroxylation is 1. The smallest absolute Gasteiger partial charge is 1.00 e. The fraction of sp³-hybridized carbons (Fsp3) is 0.621. The molecule has 2 rings (SSSR count). The van der Waals surface area contributed by atoms with Crippen LogP contribution in [-0.2, 0) is 12.8 Å². The SMILES string of the molecule is CCCCCCCCCc1cc2ccccc2c(C(=O)O)c1CCCCCCCCC.[Ba+2].[H-].[H-]. The number of carboxylic acid groups (broad SMARTS) is 1. The van der Waals surface area contributed by atoms with Crippen molar-refractivity contribution in [3.63, 3.8) is 0 Å². The Morgan fingerprint density at radius 2 is 1.25 bits per heavy atom. The van der Waals surface area contributed by atoms with Gasteiger partial charge in [-0.25, -0.2) is 4.79 Å². The van der Waals surface area contributed by atoms with Crippen LogP contribution in [0, 0.1) is 0 Å². The Morgan fingerprint density at radius 3 is 1.81 bits per heavy atom. The monoisotopic (exact) mass is 564 g/mol. The number of benzene rings is 2. The van der Waals surface area contributed by atoms with Crippen LogP contribution in [0.1, 0.15) is 128 Å². The van der Waals surface area contributed by atoms with Crippen molar-refractivity contribution in [2.75, 3.05) is 0 Å². The van der Waals surface area contributed by atoms with Gasteiger partial charge in [-0.2, -0.15) is 0 Å². The van der Waals surface area contributed by atoms with Crippen molar-refractivity contribution in [1.29, 1.82) is 0 Å². The van der Waals surface area contributed by atoms with Crippen molar-refractivity contribution >= 4 is 65.6 Å². The van der Waals surface area contributed by atoms with Crippen molar-refractivity contribution in [2.24, 2.45) is 0 Å². The van der Waals surface area contributed by atoms with Crippen LogP contribution in [0.15, 0.2) is 30.3 Å². The number of aromatic carboxylic acids is 1. The predicted molar refractivity (Wildman–Crippen MR) is 142 cm³/mol. The first-order valence-corrected chi connectivity index (χ1v) is 13.0. The molecule has 32 heavy (non-hydrogen) atoms. The average molecular weight is 564 g/mol. The molecule has 1 N–H and O–H groups in total. The maximum absolute atomic E-state index is 12.3. The molecular formula is C29H46BaO2. The molecule has 2 aromatic rings. The summed E-state index contributed by atoms with van der Waals surface area (Å²) >= 11 is 0. The van der Waals surface area contributed by atoms with E-state index in [4.69, 9.17) is 0 Å². The van der Waals surface area contributed by atoms with E-state index in [0.29, 0.717) is 5.56 Å². The molecule has 0 amide bonds. The molecule has 3 heteroatoms. The molecule has 176 valence electrons. The van der Waals surface area contributed by atoms with E-state index in [2.05, 4.69) is 26.0 Å². The van der Waals surface area contributed by atoms with E-state index < -0.39 is 5.97 Å². The summed E-state index contributed by atoms with van der Waals surface area (Å²) in [4.78, 5) is 12.3. The Labute approximate surface area is 240 Å². The molecule has 0 aromatic heterocycles. The Kier molecular flexibility index (Phi) is 16.9. The summed E-state index contributed by atoms with van der Waals surface area (Å²) in [6.07, 6.45) is 19.7. The zero-order chi connectivity index (χ0) is 22.3. The third kappa shape index (κ3) is 10.3. The van der Waals surface area contributed by atoms with Gasteiger partial charge in [-0.15, -0.1) is 0 Å². The van der Waals surface area contributed by atoms with Gasteiger partial charge in [0.1, 0.15) is 0 Å². The molecule has 0 fully saturated rings. The van der Waals surface area contributed by atoms with Gasteiger partial charge >= 0.3 is 54.9 Å². The predicted octanol–water partition coefficient (Wildman–Crippen LogP) is 8.97. The van der Waals surface area contributed by atoms with Crippen LogP contribution >= 0.6 is 0 Å². The second-order valence-electron chi connectivity index (χ2n) is 9.16. The molecule has 2 nitrogen and oxygen atoms in total. The molecule has 0 heterocycles. The van der Waals surface area contributed by atoms with Crippen molar-refractivity contribution in [1.82, 2.24) is 0 Å². The summed E-state index contributed by atoms with van der Waals surface area (Å²) in [6.45, 7) is 4.51. The first-order chi connectivity index (χ1) is 15.2. The van der Waals surface area contributed by atoms with E-state index in [9.17, 15) is 9.90 Å². The number of hydrogen-bond acceptors (Lipinski definition) is 1. The second kappa shape index (κ2) is 18.1. The molecular weight excluding hydrogens is 518 g/mol. The van der Waals surface area contributed by atoms with Crippen LogP contribution in [0.5, 0.6) is 0 Å². The Bertz CT molecular complexity index is 795. The van der Waals surface area contributed by atoms with E-state index in [0.717, 1.165) is 42.0 Å². The molecule has 0 bridgehead atoms. The zero-order valence-corrected chi connectivity index (χ0v) is 25.2. The standard InChI is InChI=1S/C29H44O2.Ba.2H/c1-3-5-7-9-11-13-15-19-24-23-25-20-17-18-22-27(25)28(29(30)31)26(24)21-16-14-12-10-8-6-4-2;;;/h17-18,20,22-23H,3-16,19,21H2,1-2H3,(H,30,31);;;/q;+2;2*-1. The van der Waals surface area contributed by atoms with Crippen molar-refractivity contribution in [3.8, 4) is 0 Å². The Balaban J connectivity index is 0. The number of fused-ring (bicyclic) bond motifs is 1. The van der Waals surface area contributed by atoms with Crippen LogP contribution in [0.25, 0.3) is 10.8 Å². The van der Waals surface area contributed by atoms with Gasteiger partial charge in [-0.3, -0.25) is 0 Å². The van der Waals surface area contributed by atoms with Gasteiger partial charge in [0.15, 0.2) is 0 Å². The molecule has 0 atom stereocenters. The van der Waals surface area contributed by atoms with Crippen LogP contribution in [0.2, 0.25) is 0 Å². The minimum atomic E-state index is -0.768. The van der Waals surface area contributed by atoms with E-state index in [1.165, 1.54) is 82.6 Å². The summed E-state index contributed by atoms with van der Waals surface area (Å²) in [6, 6.07) is 10.3. The number of hydrogen-bond donors (Lipinski definition) is 1. The quantitative estimate of drug-likeness (QED) is 0.154. The van der Waals surface area contributed by atoms with Crippen molar-refractivity contribution in [2.45, 2.75) is 117 Å². The average Bonchev–Trinajstić information content (AvgIpc) is 2.77. The molecule has 0 spiro atoms. The number of carboxylic acids is 1. The second-order valence-corrected chi connectivity index (χ2v) is 9.16. The van der Waals surface area contributed by atoms with E-state index in [1.54, 1.807) is 0 Å². The maximum atomic E-state index is 12.3. The van der Waals surface area contributed by atoms with E-state index in [1.807, 2.05) is 18.2 Å². The van der Waals surface area contributed by atoms with Crippen LogP contribution in [-0.4, -0.2) is 60.0 Å². The Morgan fingerprint density at radius 1 is 0.750 bits per heavy atom. The molecule has 0 saturated carbocycles. The minimum absolute atomic E-state index is 0. The first-order valence-electron chi connectivity index (χ1n) is 13.0. The van der Waals surface area contributed by atoms with Crippen LogP contribution in [0.4, 0.5) is 0 Å². The fourth-order valence-electron chi connectivity index (χ4n) is 4.73. The van der Waals surface area contributed by atoms with Gasteiger partial charge in [-0.1, -0.05) is 121 Å². The molecule has 0 saturated heterocycles. The summed E-state index contributed by atoms with van der Waals surface area (Å²) in [7, 11) is 0. The summed E-state index contributed by atoms with van der Waals surface area (Å²) in [5, 5.41) is 12.0. The fourth-order valence-corrected chi connectivity index (χ4v) is 4.73.